The number of benzene rings is 1. The molecule has 2 aromatic rings. The Bertz CT molecular complexity index is 933. The number of carbonyl (C=O) groups is 2. The predicted molar refractivity (Wildman–Crippen MR) is 95.8 cm³/mol. The number of nitrogens with zero attached hydrogens (tertiary/aromatic N) is 3. The third kappa shape index (κ3) is 3.98. The predicted octanol–water partition coefficient (Wildman–Crippen LogP) is 2.96. The Hall–Kier alpha value is -2.88. The number of hydrogen-bond acceptors (Lipinski definition) is 4. The van der Waals surface area contributed by atoms with Crippen molar-refractivity contribution >= 4 is 17.5 Å². The van der Waals surface area contributed by atoms with E-state index in [1.54, 1.807) is 4.68 Å². The molecule has 0 spiro atoms. The molecule has 1 N–H and O–H groups in total. The minimum atomic E-state index is -1.60. The van der Waals surface area contributed by atoms with E-state index in [-0.39, 0.29) is 23.9 Å². The Kier molecular flexibility index (Phi) is 5.27. The molecular formula is C19H19F3N4O3. The van der Waals surface area contributed by atoms with Gasteiger partial charge in [-0.15, -0.1) is 0 Å². The average molecular weight is 408 g/mol. The third-order valence-corrected chi connectivity index (χ3v) is 5.19. The lowest BCUT2D eigenvalue weighted by atomic mass is 9.97. The van der Waals surface area contributed by atoms with Crippen molar-refractivity contribution in [2.45, 2.75) is 25.9 Å². The summed E-state index contributed by atoms with van der Waals surface area (Å²) in [6.45, 7) is 2.03. The zero-order chi connectivity index (χ0) is 20.5. The van der Waals surface area contributed by atoms with E-state index in [2.05, 4.69) is 10.4 Å². The lowest BCUT2D eigenvalue weighted by molar-refractivity contribution is 0.0949. The van der Waals surface area contributed by atoms with Crippen LogP contribution in [0.4, 0.5) is 23.7 Å². The van der Waals surface area contributed by atoms with Gasteiger partial charge in [0, 0.05) is 44.0 Å². The van der Waals surface area contributed by atoms with Crippen LogP contribution in [0.3, 0.4) is 0 Å². The van der Waals surface area contributed by atoms with Gasteiger partial charge < -0.3 is 15.0 Å². The molecule has 0 unspecified atom stereocenters. The van der Waals surface area contributed by atoms with Gasteiger partial charge >= 0.3 is 6.03 Å². The number of halogens is 3. The second-order valence-electron chi connectivity index (χ2n) is 7.19. The van der Waals surface area contributed by atoms with Gasteiger partial charge in [-0.05, 0) is 12.3 Å². The zero-order valence-corrected chi connectivity index (χ0v) is 15.5. The average Bonchev–Trinajstić information content (AvgIpc) is 3.34. The fraction of sp³-hybridized carbons (Fsp3) is 0.421. The number of nitrogens with one attached hydrogen (secondary N) is 1. The van der Waals surface area contributed by atoms with E-state index in [1.165, 1.54) is 11.1 Å². The first-order valence-electron chi connectivity index (χ1n) is 9.28. The maximum Gasteiger partial charge on any atom is 0.322 e. The summed E-state index contributed by atoms with van der Waals surface area (Å²) in [6, 6.07) is 0.817. The molecule has 10 heteroatoms. The molecule has 1 aromatic carbocycles. The molecular weight excluding hydrogens is 389 g/mol. The molecule has 0 bridgehead atoms. The standard InChI is InChI=1S/C19H19F3N4O3/c20-14-6-12(7-15(21)18(14)22)24-19(28)25-2-3-26-16(9-25)13(8-23-26)17(27)5-11-1-4-29-10-11/h6-8,11H,1-5,9-10H2,(H,24,28)/t11-/m1/s1. The van der Waals surface area contributed by atoms with E-state index in [9.17, 15) is 22.8 Å². The molecule has 154 valence electrons. The van der Waals surface area contributed by atoms with Crippen molar-refractivity contribution in [3.63, 3.8) is 0 Å². The summed E-state index contributed by atoms with van der Waals surface area (Å²) in [5, 5.41) is 6.59. The van der Waals surface area contributed by atoms with E-state index < -0.39 is 23.5 Å². The van der Waals surface area contributed by atoms with E-state index >= 15 is 0 Å². The molecule has 4 rings (SSSR count). The first kappa shape index (κ1) is 19.4. The molecule has 7 nitrogen and oxygen atoms in total. The van der Waals surface area contributed by atoms with Crippen LogP contribution in [0.15, 0.2) is 18.3 Å². The van der Waals surface area contributed by atoms with Gasteiger partial charge in [0.2, 0.25) is 0 Å². The summed E-state index contributed by atoms with van der Waals surface area (Å²) in [4.78, 5) is 26.6. The van der Waals surface area contributed by atoms with Crippen molar-refractivity contribution in [1.29, 1.82) is 0 Å². The first-order chi connectivity index (χ1) is 13.9. The van der Waals surface area contributed by atoms with E-state index in [0.717, 1.165) is 6.42 Å². The summed E-state index contributed by atoms with van der Waals surface area (Å²) in [5.74, 6) is -4.24. The first-order valence-corrected chi connectivity index (χ1v) is 9.28. The van der Waals surface area contributed by atoms with Crippen LogP contribution in [0.2, 0.25) is 0 Å². The number of ether oxygens (including phenoxy) is 1. The summed E-state index contributed by atoms with van der Waals surface area (Å²) in [5.41, 5.74) is 0.892. The van der Waals surface area contributed by atoms with Crippen molar-refractivity contribution < 1.29 is 27.5 Å². The van der Waals surface area contributed by atoms with Gasteiger partial charge in [-0.3, -0.25) is 9.48 Å². The van der Waals surface area contributed by atoms with Crippen LogP contribution in [0.1, 0.15) is 28.9 Å². The van der Waals surface area contributed by atoms with Crippen LogP contribution in [-0.2, 0) is 17.8 Å². The molecule has 1 aromatic heterocycles. The number of carbonyl (C=O) groups excluding carboxylic acids is 2. The van der Waals surface area contributed by atoms with E-state index in [4.69, 9.17) is 4.74 Å². The molecule has 0 saturated carbocycles. The highest BCUT2D eigenvalue weighted by atomic mass is 19.2. The summed E-state index contributed by atoms with van der Waals surface area (Å²) in [7, 11) is 0. The van der Waals surface area contributed by atoms with Crippen LogP contribution in [0.5, 0.6) is 0 Å². The number of urea groups is 1. The van der Waals surface area contributed by atoms with Crippen LogP contribution < -0.4 is 5.32 Å². The summed E-state index contributed by atoms with van der Waals surface area (Å²) >= 11 is 0. The number of anilines is 1. The van der Waals surface area contributed by atoms with Crippen molar-refractivity contribution in [2.24, 2.45) is 5.92 Å². The number of Topliss-reactive ketones (excluding diaryl/α,β-unsaturated/α-hetero) is 1. The monoisotopic (exact) mass is 408 g/mol. The zero-order valence-electron chi connectivity index (χ0n) is 15.5. The Morgan fingerprint density at radius 3 is 2.66 bits per heavy atom. The normalized spacial score (nSPS) is 18.6. The smallest absolute Gasteiger partial charge is 0.322 e. The molecule has 2 aliphatic heterocycles. The lowest BCUT2D eigenvalue weighted by Gasteiger charge is -2.28. The fourth-order valence-corrected chi connectivity index (χ4v) is 3.60. The topological polar surface area (TPSA) is 76.5 Å². The number of hydrogen-bond donors (Lipinski definition) is 1. The number of fused-ring (bicyclic) bond motifs is 1. The Balaban J connectivity index is 1.46. The molecule has 0 radical (unpaired) electrons. The van der Waals surface area contributed by atoms with Crippen LogP contribution in [0, 0.1) is 23.4 Å². The van der Waals surface area contributed by atoms with Gasteiger partial charge in [-0.1, -0.05) is 0 Å². The minimum Gasteiger partial charge on any atom is -0.381 e. The van der Waals surface area contributed by atoms with Crippen molar-refractivity contribution in [2.75, 3.05) is 25.1 Å². The highest BCUT2D eigenvalue weighted by molar-refractivity contribution is 5.97. The molecule has 2 aliphatic rings. The van der Waals surface area contributed by atoms with Gasteiger partial charge in [0.25, 0.3) is 0 Å². The Morgan fingerprint density at radius 2 is 1.97 bits per heavy atom. The largest absolute Gasteiger partial charge is 0.381 e. The second kappa shape index (κ2) is 7.86. The number of ketones is 1. The van der Waals surface area contributed by atoms with Gasteiger partial charge in [0.05, 0.1) is 30.5 Å². The maximum absolute atomic E-state index is 13.4. The number of rotatable bonds is 4. The summed E-state index contributed by atoms with van der Waals surface area (Å²) in [6.07, 6.45) is 2.72. The maximum atomic E-state index is 13.4. The quantitative estimate of drug-likeness (QED) is 0.624. The van der Waals surface area contributed by atoms with Crippen molar-refractivity contribution in [3.8, 4) is 0 Å². The minimum absolute atomic E-state index is 0.0494. The van der Waals surface area contributed by atoms with E-state index in [1.807, 2.05) is 0 Å². The van der Waals surface area contributed by atoms with E-state index in [0.29, 0.717) is 56.1 Å². The third-order valence-electron chi connectivity index (χ3n) is 5.19. The molecule has 1 fully saturated rings. The highest BCUT2D eigenvalue weighted by Crippen LogP contribution is 2.24. The Labute approximate surface area is 164 Å². The van der Waals surface area contributed by atoms with Crippen molar-refractivity contribution in [1.82, 2.24) is 14.7 Å². The van der Waals surface area contributed by atoms with Crippen LogP contribution in [-0.4, -0.2) is 46.3 Å². The van der Waals surface area contributed by atoms with Gasteiger partial charge in [-0.2, -0.15) is 5.10 Å². The molecule has 2 amide bonds. The second-order valence-corrected chi connectivity index (χ2v) is 7.19. The SMILES string of the molecule is O=C(C[C@H]1CCOC1)c1cnn2c1CN(C(=O)Nc1cc(F)c(F)c(F)c1)CC2. The molecule has 29 heavy (non-hydrogen) atoms. The fourth-order valence-electron chi connectivity index (χ4n) is 3.60. The van der Waals surface area contributed by atoms with Gasteiger partial charge in [0.1, 0.15) is 0 Å². The molecule has 1 saturated heterocycles. The molecule has 0 aliphatic carbocycles. The van der Waals surface area contributed by atoms with Crippen LogP contribution >= 0.6 is 0 Å². The van der Waals surface area contributed by atoms with Gasteiger partial charge in [0.15, 0.2) is 23.2 Å². The highest BCUT2D eigenvalue weighted by Gasteiger charge is 2.28. The van der Waals surface area contributed by atoms with Gasteiger partial charge in [-0.25, -0.2) is 18.0 Å². The number of aromatic nitrogens is 2. The van der Waals surface area contributed by atoms with Crippen LogP contribution in [0.25, 0.3) is 0 Å². The summed E-state index contributed by atoms with van der Waals surface area (Å²) < 4.78 is 46.8. The lowest BCUT2D eigenvalue weighted by Crippen LogP contribution is -2.41. The molecule has 1 atom stereocenters. The number of amides is 2. The Morgan fingerprint density at radius 1 is 1.21 bits per heavy atom. The van der Waals surface area contributed by atoms with Crippen molar-refractivity contribution in [3.05, 3.63) is 47.0 Å². The molecule has 3 heterocycles.